The molecule has 0 bridgehead atoms. The van der Waals surface area contributed by atoms with Crippen LogP contribution in [0.2, 0.25) is 0 Å². The predicted molar refractivity (Wildman–Crippen MR) is 69.4 cm³/mol. The first-order valence-corrected chi connectivity index (χ1v) is 5.89. The molecule has 0 aliphatic heterocycles. The number of carboxylic acid groups (broad SMARTS) is 1. The Morgan fingerprint density at radius 3 is 2.53 bits per heavy atom. The van der Waals surface area contributed by atoms with E-state index in [1.165, 1.54) is 12.1 Å². The van der Waals surface area contributed by atoms with Crippen LogP contribution in [0.3, 0.4) is 0 Å². The SMILES string of the molecule is CC(C)C(CNc1cccc(F)c1C(N)=O)C(=O)O. The fraction of sp³-hybridized carbons (Fsp3) is 0.385. The molecule has 0 radical (unpaired) electrons. The zero-order chi connectivity index (χ0) is 14.6. The van der Waals surface area contributed by atoms with Crippen molar-refractivity contribution in [3.05, 3.63) is 29.6 Å². The van der Waals surface area contributed by atoms with Crippen LogP contribution < -0.4 is 11.1 Å². The molecule has 1 aromatic rings. The van der Waals surface area contributed by atoms with Gasteiger partial charge in [-0.05, 0) is 18.1 Å². The largest absolute Gasteiger partial charge is 0.481 e. The molecular formula is C13H17FN2O3. The first-order chi connectivity index (χ1) is 8.84. The molecule has 0 fully saturated rings. The highest BCUT2D eigenvalue weighted by atomic mass is 19.1. The van der Waals surface area contributed by atoms with Crippen LogP contribution >= 0.6 is 0 Å². The summed E-state index contributed by atoms with van der Waals surface area (Å²) in [6.07, 6.45) is 0. The minimum Gasteiger partial charge on any atom is -0.481 e. The van der Waals surface area contributed by atoms with Crippen LogP contribution in [0.15, 0.2) is 18.2 Å². The molecule has 19 heavy (non-hydrogen) atoms. The molecule has 1 unspecified atom stereocenters. The number of aliphatic carboxylic acids is 1. The van der Waals surface area contributed by atoms with Crippen LogP contribution in [-0.2, 0) is 4.79 Å². The van der Waals surface area contributed by atoms with E-state index in [9.17, 15) is 14.0 Å². The van der Waals surface area contributed by atoms with Gasteiger partial charge in [0.05, 0.1) is 11.5 Å². The average Bonchev–Trinajstić information content (AvgIpc) is 2.27. The number of amides is 1. The summed E-state index contributed by atoms with van der Waals surface area (Å²) in [5.41, 5.74) is 5.06. The van der Waals surface area contributed by atoms with Gasteiger partial charge in [0.1, 0.15) is 5.82 Å². The highest BCUT2D eigenvalue weighted by Gasteiger charge is 2.22. The quantitative estimate of drug-likeness (QED) is 0.732. The summed E-state index contributed by atoms with van der Waals surface area (Å²) in [7, 11) is 0. The molecule has 0 aliphatic rings. The van der Waals surface area contributed by atoms with E-state index in [1.807, 2.05) is 0 Å². The van der Waals surface area contributed by atoms with Crippen molar-refractivity contribution >= 4 is 17.6 Å². The van der Waals surface area contributed by atoms with E-state index in [0.29, 0.717) is 0 Å². The fourth-order valence-corrected chi connectivity index (χ4v) is 1.75. The molecule has 1 rings (SSSR count). The monoisotopic (exact) mass is 268 g/mol. The standard InChI is InChI=1S/C13H17FN2O3/c1-7(2)8(13(18)19)6-16-10-5-3-4-9(14)11(10)12(15)17/h3-5,7-8,16H,6H2,1-2H3,(H2,15,17)(H,18,19). The molecule has 5 nitrogen and oxygen atoms in total. The second kappa shape index (κ2) is 6.17. The first kappa shape index (κ1) is 14.9. The maximum atomic E-state index is 13.5. The Kier molecular flexibility index (Phi) is 4.86. The number of primary amides is 1. The van der Waals surface area contributed by atoms with E-state index in [0.717, 1.165) is 6.07 Å². The number of anilines is 1. The lowest BCUT2D eigenvalue weighted by Gasteiger charge is -2.18. The molecule has 0 spiro atoms. The Morgan fingerprint density at radius 1 is 1.42 bits per heavy atom. The van der Waals surface area contributed by atoms with E-state index >= 15 is 0 Å². The summed E-state index contributed by atoms with van der Waals surface area (Å²) in [6, 6.07) is 4.04. The van der Waals surface area contributed by atoms with Gasteiger partial charge in [-0.1, -0.05) is 19.9 Å². The van der Waals surface area contributed by atoms with Crippen LogP contribution in [0, 0.1) is 17.7 Å². The topological polar surface area (TPSA) is 92.4 Å². The summed E-state index contributed by atoms with van der Waals surface area (Å²) in [4.78, 5) is 22.2. The Balaban J connectivity index is 2.91. The van der Waals surface area contributed by atoms with Crippen molar-refractivity contribution in [2.45, 2.75) is 13.8 Å². The highest BCUT2D eigenvalue weighted by molar-refractivity contribution is 5.98. The van der Waals surface area contributed by atoms with Gasteiger partial charge in [0.25, 0.3) is 5.91 Å². The van der Waals surface area contributed by atoms with Crippen molar-refractivity contribution in [3.63, 3.8) is 0 Å². The van der Waals surface area contributed by atoms with Crippen molar-refractivity contribution in [2.75, 3.05) is 11.9 Å². The van der Waals surface area contributed by atoms with E-state index in [2.05, 4.69) is 5.32 Å². The predicted octanol–water partition coefficient (Wildman–Crippen LogP) is 1.69. The fourth-order valence-electron chi connectivity index (χ4n) is 1.75. The molecule has 0 aromatic heterocycles. The number of carbonyl (C=O) groups excluding carboxylic acids is 1. The number of rotatable bonds is 6. The Bertz CT molecular complexity index is 489. The summed E-state index contributed by atoms with van der Waals surface area (Å²) in [6.45, 7) is 3.65. The molecule has 0 saturated carbocycles. The van der Waals surface area contributed by atoms with Gasteiger partial charge in [0, 0.05) is 12.2 Å². The molecule has 0 heterocycles. The molecule has 0 aliphatic carbocycles. The molecule has 4 N–H and O–H groups in total. The van der Waals surface area contributed by atoms with Gasteiger partial charge in [-0.3, -0.25) is 9.59 Å². The lowest BCUT2D eigenvalue weighted by molar-refractivity contribution is -0.142. The van der Waals surface area contributed by atoms with Crippen molar-refractivity contribution in [3.8, 4) is 0 Å². The second-order valence-corrected chi connectivity index (χ2v) is 4.60. The number of carbonyl (C=O) groups is 2. The van der Waals surface area contributed by atoms with Gasteiger partial charge in [-0.15, -0.1) is 0 Å². The van der Waals surface area contributed by atoms with Crippen molar-refractivity contribution in [1.82, 2.24) is 0 Å². The van der Waals surface area contributed by atoms with Crippen LogP contribution in [0.5, 0.6) is 0 Å². The van der Waals surface area contributed by atoms with Crippen LogP contribution in [0.25, 0.3) is 0 Å². The molecule has 1 aromatic carbocycles. The zero-order valence-electron chi connectivity index (χ0n) is 10.8. The number of halogens is 1. The third-order valence-corrected chi connectivity index (χ3v) is 2.89. The third-order valence-electron chi connectivity index (χ3n) is 2.89. The van der Waals surface area contributed by atoms with Gasteiger partial charge >= 0.3 is 5.97 Å². The summed E-state index contributed by atoms with van der Waals surface area (Å²) in [5, 5.41) is 11.8. The van der Waals surface area contributed by atoms with Crippen molar-refractivity contribution in [1.29, 1.82) is 0 Å². The number of hydrogen-bond donors (Lipinski definition) is 3. The summed E-state index contributed by atoms with van der Waals surface area (Å²) >= 11 is 0. The Morgan fingerprint density at radius 2 is 2.05 bits per heavy atom. The number of nitrogens with one attached hydrogen (secondary N) is 1. The summed E-state index contributed by atoms with van der Waals surface area (Å²) in [5.74, 6) is -3.29. The molecule has 0 saturated heterocycles. The van der Waals surface area contributed by atoms with Gasteiger partial charge in [-0.2, -0.15) is 0 Å². The normalized spacial score (nSPS) is 12.2. The highest BCUT2D eigenvalue weighted by Crippen LogP contribution is 2.20. The minimum atomic E-state index is -0.945. The zero-order valence-corrected chi connectivity index (χ0v) is 10.8. The van der Waals surface area contributed by atoms with Crippen molar-refractivity contribution in [2.24, 2.45) is 17.6 Å². The summed E-state index contributed by atoms with van der Waals surface area (Å²) < 4.78 is 13.5. The minimum absolute atomic E-state index is 0.0874. The first-order valence-electron chi connectivity index (χ1n) is 5.89. The lowest BCUT2D eigenvalue weighted by atomic mass is 9.96. The van der Waals surface area contributed by atoms with Gasteiger partial charge in [0.2, 0.25) is 0 Å². The Hall–Kier alpha value is -2.11. The van der Waals surface area contributed by atoms with Crippen LogP contribution in [0.1, 0.15) is 24.2 Å². The van der Waals surface area contributed by atoms with Crippen LogP contribution in [-0.4, -0.2) is 23.5 Å². The molecule has 1 atom stereocenters. The molecule has 104 valence electrons. The van der Waals surface area contributed by atoms with E-state index in [-0.39, 0.29) is 23.7 Å². The van der Waals surface area contributed by atoms with Gasteiger partial charge < -0.3 is 16.2 Å². The van der Waals surface area contributed by atoms with E-state index in [4.69, 9.17) is 10.8 Å². The molecule has 6 heteroatoms. The molecule has 1 amide bonds. The van der Waals surface area contributed by atoms with E-state index in [1.54, 1.807) is 13.8 Å². The van der Waals surface area contributed by atoms with Crippen LogP contribution in [0.4, 0.5) is 10.1 Å². The van der Waals surface area contributed by atoms with Crippen molar-refractivity contribution < 1.29 is 19.1 Å². The molecular weight excluding hydrogens is 251 g/mol. The van der Waals surface area contributed by atoms with Gasteiger partial charge in [-0.25, -0.2) is 4.39 Å². The second-order valence-electron chi connectivity index (χ2n) is 4.60. The maximum Gasteiger partial charge on any atom is 0.308 e. The number of carboxylic acids is 1. The maximum absolute atomic E-state index is 13.5. The van der Waals surface area contributed by atoms with E-state index < -0.39 is 23.6 Å². The number of benzene rings is 1. The number of hydrogen-bond acceptors (Lipinski definition) is 3. The number of nitrogens with two attached hydrogens (primary N) is 1. The smallest absolute Gasteiger partial charge is 0.308 e. The lowest BCUT2D eigenvalue weighted by Crippen LogP contribution is -2.28. The average molecular weight is 268 g/mol. The van der Waals surface area contributed by atoms with Gasteiger partial charge in [0.15, 0.2) is 0 Å². The Labute approximate surface area is 110 Å². The third kappa shape index (κ3) is 3.67.